The van der Waals surface area contributed by atoms with Crippen molar-refractivity contribution >= 4 is 94.5 Å². The van der Waals surface area contributed by atoms with Crippen LogP contribution in [0.25, 0.3) is 0 Å². The number of amides is 10. The van der Waals surface area contributed by atoms with Crippen molar-refractivity contribution in [2.45, 2.75) is 150 Å². The molecule has 0 radical (unpaired) electrons. The van der Waals surface area contributed by atoms with Crippen molar-refractivity contribution in [3.05, 3.63) is 71.3 Å². The normalized spacial score (nSPS) is 21.2. The molecule has 3 fully saturated rings. The zero-order chi connectivity index (χ0) is 83.1. The molecule has 0 spiro atoms. The number of carboxylic acid groups (broad SMARTS) is 2. The molecule has 0 aliphatic carbocycles. The van der Waals surface area contributed by atoms with Gasteiger partial charge in [0.05, 0.1) is 97.8 Å². The molecule has 16 N–H and O–H groups in total. The molecule has 3 saturated heterocycles. The lowest BCUT2D eigenvalue weighted by atomic mass is 10.0. The number of thioether (sulfide) groups is 2. The number of aliphatic carboxylic acids is 2. The lowest BCUT2D eigenvalue weighted by Crippen LogP contribution is -2.61. The van der Waals surface area contributed by atoms with E-state index in [1.807, 2.05) is 41.0 Å². The molecule has 2 aromatic rings. The SMILES string of the molecule is CCCC[C@H](NC(=O)CCOCCOCCOCCOCCOCCOCCNC(=O)CN1CCN(C(=O)C(CNCCN)CNCCN)CC1)C(=O)N[C@H]1CSCc2cccc(c2)CSC[C@@H](C(=O)O)NC(=O)[C@H](Cc2ccccc2)NC(=O)[C@H](CCC(=O)O)NC(=O)[C@H]([C@@H](C)O)NC(=O)[C@@H]2CCCN2C(=O)[C@@H]2CCCN2C1=O. The Balaban J connectivity index is 0.941. The fourth-order valence-corrected chi connectivity index (χ4v) is 15.3. The summed E-state index contributed by atoms with van der Waals surface area (Å²) in [6.45, 7) is 13.0. The van der Waals surface area contributed by atoms with E-state index in [-0.39, 0.29) is 107 Å². The van der Waals surface area contributed by atoms with Gasteiger partial charge < -0.3 is 118 Å². The van der Waals surface area contributed by atoms with Crippen LogP contribution in [0.4, 0.5) is 0 Å². The predicted octanol–water partition coefficient (Wildman–Crippen LogP) is -2.72. The highest BCUT2D eigenvalue weighted by molar-refractivity contribution is 7.98. The Labute approximate surface area is 681 Å². The molecule has 36 nitrogen and oxygen atoms in total. The Kier molecular flexibility index (Phi) is 46.0. The summed E-state index contributed by atoms with van der Waals surface area (Å²) in [6.07, 6.45) is -0.434. The third-order valence-corrected chi connectivity index (χ3v) is 21.7. The Morgan fingerprint density at radius 3 is 1.73 bits per heavy atom. The van der Waals surface area contributed by atoms with Crippen molar-refractivity contribution in [3.8, 4) is 0 Å². The average molecular weight is 1660 g/mol. The molecule has 4 heterocycles. The van der Waals surface area contributed by atoms with Gasteiger partial charge in [0.25, 0.3) is 0 Å². The molecular weight excluding hydrogens is 1540 g/mol. The van der Waals surface area contributed by atoms with E-state index in [1.54, 1.807) is 30.3 Å². The Morgan fingerprint density at radius 2 is 1.16 bits per heavy atom. The summed E-state index contributed by atoms with van der Waals surface area (Å²) >= 11 is 2.55. The minimum atomic E-state index is -1.76. The number of hydrogen-bond donors (Lipinski definition) is 14. The molecule has 2 aromatic carbocycles. The van der Waals surface area contributed by atoms with Crippen molar-refractivity contribution in [1.29, 1.82) is 0 Å². The molecule has 115 heavy (non-hydrogen) atoms. The zero-order valence-electron chi connectivity index (χ0n) is 66.4. The van der Waals surface area contributed by atoms with Gasteiger partial charge in [-0.05, 0) is 62.1 Å². The predicted molar refractivity (Wildman–Crippen MR) is 429 cm³/mol. The van der Waals surface area contributed by atoms with Gasteiger partial charge >= 0.3 is 11.9 Å². The number of aliphatic hydroxyl groups is 1. The van der Waals surface area contributed by atoms with Gasteiger partial charge in [0.1, 0.15) is 48.3 Å². The number of rotatable bonds is 45. The number of nitrogens with two attached hydrogens (primary N) is 2. The maximum Gasteiger partial charge on any atom is 0.327 e. The van der Waals surface area contributed by atoms with Crippen molar-refractivity contribution in [3.63, 3.8) is 0 Å². The Hall–Kier alpha value is -7.70. The summed E-state index contributed by atoms with van der Waals surface area (Å²) < 4.78 is 33.7. The van der Waals surface area contributed by atoms with E-state index in [0.29, 0.717) is 168 Å². The van der Waals surface area contributed by atoms with Gasteiger partial charge in [-0.2, -0.15) is 23.5 Å². The van der Waals surface area contributed by atoms with E-state index >= 15 is 4.79 Å². The van der Waals surface area contributed by atoms with Crippen molar-refractivity contribution in [1.82, 2.24) is 67.5 Å². The van der Waals surface area contributed by atoms with Gasteiger partial charge in [-0.3, -0.25) is 57.6 Å². The van der Waals surface area contributed by atoms with Gasteiger partial charge in [-0.1, -0.05) is 74.4 Å². The smallest absolute Gasteiger partial charge is 0.327 e. The minimum Gasteiger partial charge on any atom is -0.481 e. The number of carbonyl (C=O) groups excluding carboxylic acids is 10. The molecule has 0 saturated carbocycles. The third-order valence-electron chi connectivity index (χ3n) is 19.5. The second-order valence-electron chi connectivity index (χ2n) is 28.5. The number of benzene rings is 2. The molecule has 0 aromatic heterocycles. The van der Waals surface area contributed by atoms with Crippen LogP contribution >= 0.6 is 23.5 Å². The van der Waals surface area contributed by atoms with E-state index in [9.17, 15) is 68.1 Å². The summed E-state index contributed by atoms with van der Waals surface area (Å²) in [5.41, 5.74) is 13.4. The van der Waals surface area contributed by atoms with Gasteiger partial charge in [0, 0.05) is 127 Å². The van der Waals surface area contributed by atoms with E-state index in [0.717, 1.165) is 11.1 Å². The molecule has 9 atom stereocenters. The van der Waals surface area contributed by atoms with Crippen LogP contribution in [0.3, 0.4) is 0 Å². The highest BCUT2D eigenvalue weighted by Crippen LogP contribution is 2.28. The number of piperazine rings is 1. The van der Waals surface area contributed by atoms with Crippen LogP contribution in [0, 0.1) is 5.92 Å². The number of hydrogen-bond acceptors (Lipinski definition) is 26. The minimum absolute atomic E-state index is 0.0195. The van der Waals surface area contributed by atoms with Crippen molar-refractivity contribution in [2.75, 3.05) is 182 Å². The second-order valence-corrected chi connectivity index (χ2v) is 30.5. The van der Waals surface area contributed by atoms with E-state index in [4.69, 9.17) is 39.9 Å². The molecular formula is C77H123N15O21S2. The first-order valence-corrected chi connectivity index (χ1v) is 42.3. The van der Waals surface area contributed by atoms with Crippen molar-refractivity contribution < 1.29 is 101 Å². The Bertz CT molecular complexity index is 3320. The van der Waals surface area contributed by atoms with Gasteiger partial charge in [0.15, 0.2) is 0 Å². The summed E-state index contributed by atoms with van der Waals surface area (Å²) in [5, 5.41) is 56.3. The first kappa shape index (κ1) is 96.1. The van der Waals surface area contributed by atoms with Crippen LogP contribution < -0.4 is 59.3 Å². The van der Waals surface area contributed by atoms with Crippen molar-refractivity contribution in [2.24, 2.45) is 17.4 Å². The van der Waals surface area contributed by atoms with Crippen LogP contribution in [0.15, 0.2) is 54.6 Å². The highest BCUT2D eigenvalue weighted by atomic mass is 32.2. The third kappa shape index (κ3) is 36.0. The number of fused-ring (bicyclic) bond motifs is 4. The quantitative estimate of drug-likeness (QED) is 0.0300. The summed E-state index contributed by atoms with van der Waals surface area (Å²) in [6, 6.07) is 5.10. The number of ether oxygens (including phenoxy) is 6. The monoisotopic (exact) mass is 1660 g/mol. The standard InChI is InChI=1S/C77H123N15O21S2/c1-3-4-15-58(83-65(94)20-32-108-34-36-110-38-40-112-42-43-113-41-39-111-37-35-109-33-25-82-66(95)48-89-28-30-90(31-29-89)74(103)57(46-80-23-21-78)47-81-24-22-79)69(98)86-61-51-114-49-55-13-8-14-56(44-55)50-115-52-62(77(106)107)87-71(100)60(45-54-11-6-5-7-12-54)85-70(99)59(18-19-67(96)97)84-73(102)68(53(2)93)88-72(101)63-16-9-26-91(63)76(105)64-17-10-27-92(64)75(61)104/h5-8,11-14,44,53,57-64,68,80-81,93H,3-4,9-10,15-43,45-52,78-79H2,1-2H3,(H,82,95)(H,83,94)(H,84,102)(H,85,99)(H,86,98)(H,87,100)(H,88,101)(H,96,97)(H,106,107)/t53-,58+,59+,60+,61+,62+,63+,64+,68+/m1/s1. The first-order chi connectivity index (χ1) is 55.6. The number of aliphatic hydroxyl groups excluding tert-OH is 1. The van der Waals surface area contributed by atoms with Crippen LogP contribution in [-0.4, -0.2) is 343 Å². The summed E-state index contributed by atoms with van der Waals surface area (Å²) in [7, 11) is 0. The molecule has 6 rings (SSSR count). The largest absolute Gasteiger partial charge is 0.481 e. The topological polar surface area (TPSA) is 494 Å². The fraction of sp³-hybridized carbons (Fsp3) is 0.688. The van der Waals surface area contributed by atoms with Crippen LogP contribution in [0.2, 0.25) is 0 Å². The first-order valence-electron chi connectivity index (χ1n) is 40.0. The number of carbonyl (C=O) groups is 12. The maximum atomic E-state index is 15.1. The van der Waals surface area contributed by atoms with Gasteiger partial charge in [-0.15, -0.1) is 0 Å². The molecule has 4 aliphatic heterocycles. The molecule has 2 bridgehead atoms. The fourth-order valence-electron chi connectivity index (χ4n) is 13.3. The lowest BCUT2D eigenvalue weighted by molar-refractivity contribution is -0.148. The second kappa shape index (κ2) is 55.1. The van der Waals surface area contributed by atoms with E-state index in [1.165, 1.54) is 40.2 Å². The molecule has 38 heteroatoms. The number of nitrogens with zero attached hydrogens (tertiary/aromatic N) is 4. The Morgan fingerprint density at radius 1 is 0.600 bits per heavy atom. The van der Waals surface area contributed by atoms with Gasteiger partial charge in [0.2, 0.25) is 59.1 Å². The molecule has 644 valence electrons. The average Bonchev–Trinajstić information content (AvgIpc) is 1.67. The van der Waals surface area contributed by atoms with E-state index < -0.39 is 126 Å². The van der Waals surface area contributed by atoms with Crippen LogP contribution in [0.5, 0.6) is 0 Å². The molecule has 10 amide bonds. The summed E-state index contributed by atoms with van der Waals surface area (Å²) in [4.78, 5) is 172. The molecule has 4 aliphatic rings. The van der Waals surface area contributed by atoms with Crippen LogP contribution in [0.1, 0.15) is 94.7 Å². The lowest BCUT2D eigenvalue weighted by Gasteiger charge is -2.36. The number of nitrogens with one attached hydrogen (secondary N) is 9. The van der Waals surface area contributed by atoms with E-state index in [2.05, 4.69) is 47.9 Å². The summed E-state index contributed by atoms with van der Waals surface area (Å²) in [5.74, 6) is -8.46. The van der Waals surface area contributed by atoms with Gasteiger partial charge in [-0.25, -0.2) is 4.79 Å². The zero-order valence-corrected chi connectivity index (χ0v) is 68.0. The maximum absolute atomic E-state index is 15.1. The van der Waals surface area contributed by atoms with Crippen LogP contribution in [-0.2, 0) is 104 Å². The highest BCUT2D eigenvalue weighted by Gasteiger charge is 2.45. The number of carboxylic acids is 2. The molecule has 0 unspecified atom stereocenters. The number of unbranched alkanes of at least 4 members (excludes halogenated alkanes) is 1.